The predicted molar refractivity (Wildman–Crippen MR) is 125 cm³/mol. The molecule has 3 aromatic heterocycles. The standard InChI is InChI=1S/C22H27N7O2S/c1-3-28(4-2)11-5-13-32(30,31)19-8-6-18(7-9-19)27-21-22-23-10-12-29(22)20(16-24-21)17-14-25-26-15-17/h6-10,12,14-16H,3-5,11,13H2,1-2H3,(H,24,27)(H,25,26). The van der Waals surface area contributed by atoms with E-state index in [1.165, 1.54) is 0 Å². The molecule has 2 N–H and O–H groups in total. The first-order valence-electron chi connectivity index (χ1n) is 10.6. The maximum absolute atomic E-state index is 12.7. The van der Waals surface area contributed by atoms with Crippen molar-refractivity contribution in [1.29, 1.82) is 0 Å². The molecule has 4 aromatic rings. The fraction of sp³-hybridized carbons (Fsp3) is 0.318. The van der Waals surface area contributed by atoms with Crippen LogP contribution in [0.3, 0.4) is 0 Å². The Morgan fingerprint density at radius 2 is 1.88 bits per heavy atom. The fourth-order valence-corrected chi connectivity index (χ4v) is 4.93. The predicted octanol–water partition coefficient (Wildman–Crippen LogP) is 3.37. The van der Waals surface area contributed by atoms with Crippen LogP contribution in [0.15, 0.2) is 60.1 Å². The molecule has 0 fully saturated rings. The van der Waals surface area contributed by atoms with Crippen LogP contribution < -0.4 is 5.32 Å². The van der Waals surface area contributed by atoms with Crippen molar-refractivity contribution >= 4 is 27.0 Å². The molecular formula is C22H27N7O2S. The second-order valence-corrected chi connectivity index (χ2v) is 9.56. The van der Waals surface area contributed by atoms with Crippen LogP contribution in [0, 0.1) is 0 Å². The van der Waals surface area contributed by atoms with Gasteiger partial charge in [-0.25, -0.2) is 18.4 Å². The van der Waals surface area contributed by atoms with Crippen LogP contribution in [0.2, 0.25) is 0 Å². The third-order valence-corrected chi connectivity index (χ3v) is 7.30. The van der Waals surface area contributed by atoms with E-state index in [-0.39, 0.29) is 5.75 Å². The van der Waals surface area contributed by atoms with E-state index >= 15 is 0 Å². The number of nitrogens with one attached hydrogen (secondary N) is 2. The Bertz CT molecular complexity index is 1260. The van der Waals surface area contributed by atoms with Gasteiger partial charge in [-0.15, -0.1) is 0 Å². The molecule has 0 aliphatic heterocycles. The number of sulfone groups is 1. The highest BCUT2D eigenvalue weighted by atomic mass is 32.2. The van der Waals surface area contributed by atoms with Gasteiger partial charge >= 0.3 is 0 Å². The molecule has 9 nitrogen and oxygen atoms in total. The molecule has 0 aliphatic rings. The smallest absolute Gasteiger partial charge is 0.180 e. The summed E-state index contributed by atoms with van der Waals surface area (Å²) < 4.78 is 27.3. The number of aromatic nitrogens is 5. The number of benzene rings is 1. The number of hydrogen-bond acceptors (Lipinski definition) is 7. The Hall–Kier alpha value is -3.24. The number of imidazole rings is 1. The van der Waals surface area contributed by atoms with Gasteiger partial charge in [0.05, 0.1) is 28.7 Å². The summed E-state index contributed by atoms with van der Waals surface area (Å²) in [6.45, 7) is 6.81. The maximum Gasteiger partial charge on any atom is 0.180 e. The zero-order chi connectivity index (χ0) is 22.6. The summed E-state index contributed by atoms with van der Waals surface area (Å²) in [5.41, 5.74) is 3.17. The number of hydrogen-bond donors (Lipinski definition) is 2. The highest BCUT2D eigenvalue weighted by Gasteiger charge is 2.15. The van der Waals surface area contributed by atoms with Crippen molar-refractivity contribution in [3.8, 4) is 11.3 Å². The molecule has 0 bridgehead atoms. The molecule has 0 saturated heterocycles. The van der Waals surface area contributed by atoms with E-state index in [1.54, 1.807) is 49.1 Å². The van der Waals surface area contributed by atoms with Crippen LogP contribution in [0.4, 0.5) is 11.5 Å². The molecule has 1 aromatic carbocycles. The van der Waals surface area contributed by atoms with Gasteiger partial charge in [0.1, 0.15) is 0 Å². The van der Waals surface area contributed by atoms with E-state index in [4.69, 9.17) is 0 Å². The van der Waals surface area contributed by atoms with Gasteiger partial charge in [0.25, 0.3) is 0 Å². The summed E-state index contributed by atoms with van der Waals surface area (Å²) >= 11 is 0. The summed E-state index contributed by atoms with van der Waals surface area (Å²) in [6.07, 6.45) is 9.46. The molecule has 0 atom stereocenters. The largest absolute Gasteiger partial charge is 0.337 e. The summed E-state index contributed by atoms with van der Waals surface area (Å²) in [5, 5.41) is 10.0. The highest BCUT2D eigenvalue weighted by molar-refractivity contribution is 7.91. The summed E-state index contributed by atoms with van der Waals surface area (Å²) in [6, 6.07) is 6.78. The Labute approximate surface area is 187 Å². The van der Waals surface area contributed by atoms with Gasteiger partial charge in [0.15, 0.2) is 21.3 Å². The van der Waals surface area contributed by atoms with E-state index in [9.17, 15) is 8.42 Å². The van der Waals surface area contributed by atoms with Crippen molar-refractivity contribution in [3.63, 3.8) is 0 Å². The highest BCUT2D eigenvalue weighted by Crippen LogP contribution is 2.25. The minimum absolute atomic E-state index is 0.141. The van der Waals surface area contributed by atoms with Crippen LogP contribution in [0.25, 0.3) is 16.9 Å². The molecule has 0 saturated carbocycles. The van der Waals surface area contributed by atoms with Crippen molar-refractivity contribution in [2.75, 3.05) is 30.7 Å². The lowest BCUT2D eigenvalue weighted by Gasteiger charge is -2.17. The normalized spacial score (nSPS) is 12.0. The van der Waals surface area contributed by atoms with Crippen molar-refractivity contribution < 1.29 is 8.42 Å². The van der Waals surface area contributed by atoms with Crippen molar-refractivity contribution in [2.24, 2.45) is 0 Å². The van der Waals surface area contributed by atoms with E-state index in [1.807, 2.05) is 10.6 Å². The van der Waals surface area contributed by atoms with Crippen molar-refractivity contribution in [2.45, 2.75) is 25.2 Å². The monoisotopic (exact) mass is 453 g/mol. The first kappa shape index (κ1) is 22.0. The lowest BCUT2D eigenvalue weighted by atomic mass is 10.2. The Morgan fingerprint density at radius 3 is 2.56 bits per heavy atom. The second kappa shape index (κ2) is 9.49. The Morgan fingerprint density at radius 1 is 1.09 bits per heavy atom. The van der Waals surface area contributed by atoms with Gasteiger partial charge in [0.2, 0.25) is 0 Å². The average Bonchev–Trinajstić information content (AvgIpc) is 3.50. The SMILES string of the molecule is CCN(CC)CCCS(=O)(=O)c1ccc(Nc2ncc(-c3cn[nH]c3)n3ccnc23)cc1. The van der Waals surface area contributed by atoms with Crippen LogP contribution in [0.1, 0.15) is 20.3 Å². The first-order chi connectivity index (χ1) is 15.5. The summed E-state index contributed by atoms with van der Waals surface area (Å²) in [5.74, 6) is 0.721. The van der Waals surface area contributed by atoms with Crippen molar-refractivity contribution in [3.05, 3.63) is 55.2 Å². The number of anilines is 2. The molecule has 32 heavy (non-hydrogen) atoms. The van der Waals surface area contributed by atoms with Gasteiger partial charge in [-0.1, -0.05) is 13.8 Å². The number of rotatable bonds is 10. The minimum atomic E-state index is -3.31. The molecule has 0 aliphatic carbocycles. The lowest BCUT2D eigenvalue weighted by Crippen LogP contribution is -2.25. The molecule has 10 heteroatoms. The summed E-state index contributed by atoms with van der Waals surface area (Å²) in [4.78, 5) is 11.5. The maximum atomic E-state index is 12.7. The van der Waals surface area contributed by atoms with Crippen LogP contribution >= 0.6 is 0 Å². The number of H-pyrrole nitrogens is 1. The minimum Gasteiger partial charge on any atom is -0.337 e. The van der Waals surface area contributed by atoms with Gasteiger partial charge in [-0.2, -0.15) is 5.10 Å². The molecule has 0 unspecified atom stereocenters. The molecule has 0 amide bonds. The Balaban J connectivity index is 1.48. The topological polar surface area (TPSA) is 108 Å². The zero-order valence-electron chi connectivity index (χ0n) is 18.2. The molecule has 0 radical (unpaired) electrons. The van der Waals surface area contributed by atoms with Gasteiger partial charge < -0.3 is 10.2 Å². The van der Waals surface area contributed by atoms with Crippen LogP contribution in [-0.2, 0) is 9.84 Å². The number of aromatic amines is 1. The van der Waals surface area contributed by atoms with Gasteiger partial charge in [-0.05, 0) is 50.3 Å². The van der Waals surface area contributed by atoms with E-state index < -0.39 is 9.84 Å². The quantitative estimate of drug-likeness (QED) is 0.379. The third-order valence-electron chi connectivity index (χ3n) is 5.48. The lowest BCUT2D eigenvalue weighted by molar-refractivity contribution is 0.305. The van der Waals surface area contributed by atoms with Crippen LogP contribution in [0.5, 0.6) is 0 Å². The molecular weight excluding hydrogens is 426 g/mol. The van der Waals surface area contributed by atoms with Gasteiger partial charge in [0, 0.05) is 29.8 Å². The molecule has 3 heterocycles. The van der Waals surface area contributed by atoms with Crippen LogP contribution in [-0.4, -0.2) is 63.3 Å². The molecule has 4 rings (SSSR count). The average molecular weight is 454 g/mol. The fourth-order valence-electron chi connectivity index (χ4n) is 3.63. The third kappa shape index (κ3) is 4.66. The second-order valence-electron chi connectivity index (χ2n) is 7.45. The molecule has 0 spiro atoms. The van der Waals surface area contributed by atoms with E-state index in [0.29, 0.717) is 22.8 Å². The summed E-state index contributed by atoms with van der Waals surface area (Å²) in [7, 11) is -3.31. The van der Waals surface area contributed by atoms with E-state index in [0.717, 1.165) is 36.6 Å². The van der Waals surface area contributed by atoms with Gasteiger partial charge in [-0.3, -0.25) is 9.50 Å². The zero-order valence-corrected chi connectivity index (χ0v) is 19.0. The molecule has 168 valence electrons. The first-order valence-corrected chi connectivity index (χ1v) is 12.3. The van der Waals surface area contributed by atoms with Crippen molar-refractivity contribution in [1.82, 2.24) is 29.5 Å². The number of fused-ring (bicyclic) bond motifs is 1. The van der Waals surface area contributed by atoms with E-state index in [2.05, 4.69) is 44.2 Å². The number of nitrogens with zero attached hydrogens (tertiary/aromatic N) is 5. The Kier molecular flexibility index (Phi) is 6.52.